The van der Waals surface area contributed by atoms with E-state index in [0.29, 0.717) is 16.5 Å². The molecule has 0 bridgehead atoms. The topological polar surface area (TPSA) is 101 Å². The standard InChI is InChI=1S/C21H17FN4O2S/c22-17-8-4-5-9-18(17)28-10-11-29-21-14(13-23)12-16(19(24)26-21)20(27)25-15-6-2-1-3-7-15/h1-9,12H,10-11H2,(H2,24,26)(H,25,27). The fourth-order valence-corrected chi connectivity index (χ4v) is 3.24. The molecule has 0 fully saturated rings. The van der Waals surface area contributed by atoms with Crippen LogP contribution in [-0.2, 0) is 0 Å². The van der Waals surface area contributed by atoms with E-state index < -0.39 is 11.7 Å². The van der Waals surface area contributed by atoms with E-state index in [1.807, 2.05) is 12.1 Å². The number of aromatic nitrogens is 1. The van der Waals surface area contributed by atoms with Gasteiger partial charge in [-0.05, 0) is 30.3 Å². The van der Waals surface area contributed by atoms with Crippen LogP contribution in [0, 0.1) is 17.1 Å². The van der Waals surface area contributed by atoms with Gasteiger partial charge in [0.25, 0.3) is 5.91 Å². The van der Waals surface area contributed by atoms with Gasteiger partial charge in [-0.2, -0.15) is 5.26 Å². The maximum atomic E-state index is 13.5. The summed E-state index contributed by atoms with van der Waals surface area (Å²) in [5.74, 6) is -0.280. The highest BCUT2D eigenvalue weighted by molar-refractivity contribution is 7.99. The number of nitrogens with two attached hydrogens (primary N) is 1. The van der Waals surface area contributed by atoms with Gasteiger partial charge >= 0.3 is 0 Å². The summed E-state index contributed by atoms with van der Waals surface area (Å²) in [5.41, 5.74) is 6.90. The number of nitrogens with zero attached hydrogens (tertiary/aromatic N) is 2. The molecule has 3 N–H and O–H groups in total. The molecule has 29 heavy (non-hydrogen) atoms. The number of nitriles is 1. The number of thioether (sulfide) groups is 1. The maximum Gasteiger partial charge on any atom is 0.259 e. The van der Waals surface area contributed by atoms with Gasteiger partial charge in [-0.15, -0.1) is 11.8 Å². The number of rotatable bonds is 7. The van der Waals surface area contributed by atoms with Crippen molar-refractivity contribution in [2.45, 2.75) is 5.03 Å². The molecule has 3 rings (SSSR count). The lowest BCUT2D eigenvalue weighted by molar-refractivity contribution is 0.102. The fraction of sp³-hybridized carbons (Fsp3) is 0.0952. The number of ether oxygens (including phenoxy) is 1. The van der Waals surface area contributed by atoms with Crippen LogP contribution in [-0.4, -0.2) is 23.3 Å². The first-order valence-electron chi connectivity index (χ1n) is 8.65. The lowest BCUT2D eigenvalue weighted by Crippen LogP contribution is -2.16. The molecule has 0 aliphatic heterocycles. The normalized spacial score (nSPS) is 10.2. The van der Waals surface area contributed by atoms with E-state index in [4.69, 9.17) is 10.5 Å². The molecule has 0 aliphatic carbocycles. The number of halogens is 1. The Hall–Kier alpha value is -3.57. The Morgan fingerprint density at radius 2 is 1.93 bits per heavy atom. The Bertz CT molecular complexity index is 1050. The minimum Gasteiger partial charge on any atom is -0.490 e. The van der Waals surface area contributed by atoms with Crippen molar-refractivity contribution in [1.82, 2.24) is 4.98 Å². The number of amides is 1. The van der Waals surface area contributed by atoms with Crippen LogP contribution in [0.1, 0.15) is 15.9 Å². The van der Waals surface area contributed by atoms with Crippen molar-refractivity contribution in [2.24, 2.45) is 0 Å². The van der Waals surface area contributed by atoms with Gasteiger partial charge in [-0.1, -0.05) is 30.3 Å². The summed E-state index contributed by atoms with van der Waals surface area (Å²) in [6, 6.07) is 18.5. The van der Waals surface area contributed by atoms with E-state index in [-0.39, 0.29) is 29.3 Å². The number of hydrogen-bond donors (Lipinski definition) is 2. The highest BCUT2D eigenvalue weighted by atomic mass is 32.2. The van der Waals surface area contributed by atoms with Crippen molar-refractivity contribution < 1.29 is 13.9 Å². The van der Waals surface area contributed by atoms with E-state index >= 15 is 0 Å². The first-order valence-corrected chi connectivity index (χ1v) is 9.64. The molecule has 1 heterocycles. The third-order valence-corrected chi connectivity index (χ3v) is 4.79. The lowest BCUT2D eigenvalue weighted by atomic mass is 10.2. The molecule has 2 aromatic carbocycles. The highest BCUT2D eigenvalue weighted by Gasteiger charge is 2.16. The molecule has 0 spiro atoms. The van der Waals surface area contributed by atoms with Crippen LogP contribution in [0.2, 0.25) is 0 Å². The molecule has 1 amide bonds. The van der Waals surface area contributed by atoms with Gasteiger partial charge in [0.05, 0.1) is 17.7 Å². The lowest BCUT2D eigenvalue weighted by Gasteiger charge is -2.11. The molecule has 1 aromatic heterocycles. The van der Waals surface area contributed by atoms with E-state index in [9.17, 15) is 14.4 Å². The predicted molar refractivity (Wildman–Crippen MR) is 110 cm³/mol. The fourth-order valence-electron chi connectivity index (χ4n) is 2.45. The molecule has 0 radical (unpaired) electrons. The van der Waals surface area contributed by atoms with Gasteiger partial charge in [0.15, 0.2) is 11.6 Å². The molecule has 3 aromatic rings. The molecule has 146 valence electrons. The Labute approximate surface area is 171 Å². The largest absolute Gasteiger partial charge is 0.490 e. The van der Waals surface area contributed by atoms with Crippen LogP contribution in [0.5, 0.6) is 5.75 Å². The summed E-state index contributed by atoms with van der Waals surface area (Å²) in [4.78, 5) is 16.7. The first-order chi connectivity index (χ1) is 14.1. The second-order valence-electron chi connectivity index (χ2n) is 5.83. The summed E-state index contributed by atoms with van der Waals surface area (Å²) in [6.45, 7) is 0.217. The smallest absolute Gasteiger partial charge is 0.259 e. The zero-order valence-electron chi connectivity index (χ0n) is 15.3. The van der Waals surface area contributed by atoms with Gasteiger partial charge in [-0.25, -0.2) is 9.37 Å². The number of nitrogen functional groups attached to an aromatic ring is 1. The van der Waals surface area contributed by atoms with Gasteiger partial charge in [-0.3, -0.25) is 4.79 Å². The summed E-state index contributed by atoms with van der Waals surface area (Å²) < 4.78 is 18.9. The SMILES string of the molecule is N#Cc1cc(C(=O)Nc2ccccc2)c(N)nc1SCCOc1ccccc1F. The molecular weight excluding hydrogens is 391 g/mol. The number of carbonyl (C=O) groups excluding carboxylic acids is 1. The van der Waals surface area contributed by atoms with Crippen LogP contribution < -0.4 is 15.8 Å². The summed E-state index contributed by atoms with van der Waals surface area (Å²) in [6.07, 6.45) is 0. The van der Waals surface area contributed by atoms with Crippen LogP contribution in [0.15, 0.2) is 65.7 Å². The van der Waals surface area contributed by atoms with Crippen molar-refractivity contribution in [2.75, 3.05) is 23.4 Å². The molecular formula is C21H17FN4O2S. The van der Waals surface area contributed by atoms with Crippen LogP contribution in [0.3, 0.4) is 0 Å². The zero-order valence-corrected chi connectivity index (χ0v) is 16.1. The third-order valence-electron chi connectivity index (χ3n) is 3.83. The van der Waals surface area contributed by atoms with Gasteiger partial charge in [0.2, 0.25) is 0 Å². The Morgan fingerprint density at radius 1 is 1.21 bits per heavy atom. The predicted octanol–water partition coefficient (Wildman–Crippen LogP) is 4.10. The second-order valence-corrected chi connectivity index (χ2v) is 6.92. The Kier molecular flexibility index (Phi) is 6.66. The number of hydrogen-bond acceptors (Lipinski definition) is 6. The highest BCUT2D eigenvalue weighted by Crippen LogP contribution is 2.25. The number of para-hydroxylation sites is 2. The number of nitrogens with one attached hydrogen (secondary N) is 1. The Balaban J connectivity index is 1.66. The maximum absolute atomic E-state index is 13.5. The summed E-state index contributed by atoms with van der Waals surface area (Å²) >= 11 is 1.24. The minimum atomic E-state index is -0.447. The van der Waals surface area contributed by atoms with E-state index in [0.717, 1.165) is 0 Å². The zero-order chi connectivity index (χ0) is 20.6. The third kappa shape index (κ3) is 5.24. The van der Waals surface area contributed by atoms with Crippen molar-refractivity contribution in [3.8, 4) is 11.8 Å². The van der Waals surface area contributed by atoms with Crippen LogP contribution >= 0.6 is 11.8 Å². The number of carbonyl (C=O) groups is 1. The minimum absolute atomic E-state index is 0.0231. The first kappa shape index (κ1) is 20.2. The van der Waals surface area contributed by atoms with Gasteiger partial charge < -0.3 is 15.8 Å². The van der Waals surface area contributed by atoms with Crippen molar-refractivity contribution in [1.29, 1.82) is 5.26 Å². The molecule has 0 unspecified atom stereocenters. The van der Waals surface area contributed by atoms with Crippen LogP contribution in [0.4, 0.5) is 15.9 Å². The second kappa shape index (κ2) is 9.57. The molecule has 8 heteroatoms. The molecule has 0 saturated heterocycles. The Morgan fingerprint density at radius 3 is 2.66 bits per heavy atom. The van der Waals surface area contributed by atoms with E-state index in [2.05, 4.69) is 10.3 Å². The monoisotopic (exact) mass is 408 g/mol. The number of anilines is 2. The summed E-state index contributed by atoms with van der Waals surface area (Å²) in [7, 11) is 0. The molecule has 0 atom stereocenters. The quantitative estimate of drug-likeness (QED) is 0.451. The summed E-state index contributed by atoms with van der Waals surface area (Å²) in [5, 5.41) is 12.5. The average molecular weight is 408 g/mol. The molecule has 6 nitrogen and oxygen atoms in total. The van der Waals surface area contributed by atoms with Crippen molar-refractivity contribution in [3.05, 3.63) is 77.6 Å². The number of pyridine rings is 1. The van der Waals surface area contributed by atoms with Crippen molar-refractivity contribution in [3.63, 3.8) is 0 Å². The average Bonchev–Trinajstić information content (AvgIpc) is 2.73. The van der Waals surface area contributed by atoms with E-state index in [1.165, 1.54) is 30.0 Å². The molecule has 0 saturated carbocycles. The van der Waals surface area contributed by atoms with Crippen LogP contribution in [0.25, 0.3) is 0 Å². The van der Waals surface area contributed by atoms with Gasteiger partial charge in [0.1, 0.15) is 16.9 Å². The molecule has 0 aliphatic rings. The van der Waals surface area contributed by atoms with Gasteiger partial charge in [0, 0.05) is 11.4 Å². The number of benzene rings is 2. The van der Waals surface area contributed by atoms with E-state index in [1.54, 1.807) is 36.4 Å². The van der Waals surface area contributed by atoms with Crippen molar-refractivity contribution >= 4 is 29.2 Å².